The van der Waals surface area contributed by atoms with E-state index in [0.717, 1.165) is 5.56 Å². The number of fused-ring (bicyclic) bond motifs is 1. The Morgan fingerprint density at radius 1 is 1.17 bits per heavy atom. The first-order valence-electron chi connectivity index (χ1n) is 8.39. The number of hydrogen-bond acceptors (Lipinski definition) is 3. The van der Waals surface area contributed by atoms with Crippen LogP contribution in [0.2, 0.25) is 0 Å². The number of allylic oxidation sites excluding steroid dienone is 1. The summed E-state index contributed by atoms with van der Waals surface area (Å²) in [7, 11) is 0. The van der Waals surface area contributed by atoms with Crippen LogP contribution in [0.5, 0.6) is 0 Å². The van der Waals surface area contributed by atoms with E-state index in [1.54, 1.807) is 0 Å². The van der Waals surface area contributed by atoms with Crippen LogP contribution < -0.4 is 0 Å². The number of aryl methyl sites for hydroxylation is 1. The fourth-order valence-electron chi connectivity index (χ4n) is 2.87. The molecule has 0 radical (unpaired) electrons. The summed E-state index contributed by atoms with van der Waals surface area (Å²) in [5.41, 5.74) is 5.65. The molecule has 1 aliphatic rings. The number of benzene rings is 2. The largest absolute Gasteiger partial charge is 0.462 e. The predicted molar refractivity (Wildman–Crippen MR) is 101 cm³/mol. The Morgan fingerprint density at radius 2 is 1.92 bits per heavy atom. The molecule has 1 aliphatic heterocycles. The molecule has 1 heterocycles. The van der Waals surface area contributed by atoms with E-state index < -0.39 is 0 Å². The van der Waals surface area contributed by atoms with E-state index in [0.29, 0.717) is 12.2 Å². The maximum atomic E-state index is 11.7. The molecule has 3 rings (SSSR count). The van der Waals surface area contributed by atoms with Crippen molar-refractivity contribution in [1.82, 2.24) is 0 Å². The molecule has 0 N–H and O–H groups in total. The van der Waals surface area contributed by atoms with Gasteiger partial charge in [0, 0.05) is 4.90 Å². The van der Waals surface area contributed by atoms with Crippen LogP contribution in [0.4, 0.5) is 0 Å². The average molecular weight is 338 g/mol. The van der Waals surface area contributed by atoms with Gasteiger partial charge >= 0.3 is 5.97 Å². The van der Waals surface area contributed by atoms with Crippen LogP contribution in [0.1, 0.15) is 47.3 Å². The van der Waals surface area contributed by atoms with Gasteiger partial charge in [-0.25, -0.2) is 4.79 Å². The standard InChI is InChI=1S/C21H22O2S/c1-3-23-21(22)17-8-6-16(7-9-17)13-15(2)18-10-11-20-19(14-18)5-4-12-24-20/h6-11,13-14H,3-5,12H2,1-2H3. The molecule has 0 bridgehead atoms. The molecule has 3 heteroatoms. The van der Waals surface area contributed by atoms with Crippen LogP contribution in [0.3, 0.4) is 0 Å². The first-order chi connectivity index (χ1) is 11.7. The molecule has 2 aromatic rings. The van der Waals surface area contributed by atoms with E-state index in [2.05, 4.69) is 31.2 Å². The van der Waals surface area contributed by atoms with Gasteiger partial charge in [0.2, 0.25) is 0 Å². The normalized spacial score (nSPS) is 14.2. The van der Waals surface area contributed by atoms with Gasteiger partial charge in [-0.15, -0.1) is 11.8 Å². The highest BCUT2D eigenvalue weighted by Crippen LogP contribution is 2.32. The highest BCUT2D eigenvalue weighted by Gasteiger charge is 2.10. The summed E-state index contributed by atoms with van der Waals surface area (Å²) in [6.45, 7) is 4.35. The zero-order valence-corrected chi connectivity index (χ0v) is 15.0. The zero-order chi connectivity index (χ0) is 16.9. The van der Waals surface area contributed by atoms with Gasteiger partial charge in [-0.3, -0.25) is 0 Å². The molecule has 2 nitrogen and oxygen atoms in total. The van der Waals surface area contributed by atoms with Gasteiger partial charge in [-0.2, -0.15) is 0 Å². The van der Waals surface area contributed by atoms with Crippen LogP contribution >= 0.6 is 11.8 Å². The van der Waals surface area contributed by atoms with Crippen molar-refractivity contribution < 1.29 is 9.53 Å². The first kappa shape index (κ1) is 16.8. The van der Waals surface area contributed by atoms with Crippen molar-refractivity contribution in [3.05, 3.63) is 64.7 Å². The SMILES string of the molecule is CCOC(=O)c1ccc(C=C(C)c2ccc3c(c2)CCCS3)cc1. The lowest BCUT2D eigenvalue weighted by atomic mass is 9.99. The second-order valence-corrected chi connectivity index (χ2v) is 7.08. The third-order valence-corrected chi connectivity index (χ3v) is 5.37. The molecule has 24 heavy (non-hydrogen) atoms. The van der Waals surface area contributed by atoms with Gasteiger partial charge in [0.1, 0.15) is 0 Å². The molecule has 0 saturated carbocycles. The lowest BCUT2D eigenvalue weighted by Gasteiger charge is -2.16. The zero-order valence-electron chi connectivity index (χ0n) is 14.2. The van der Waals surface area contributed by atoms with E-state index in [9.17, 15) is 4.79 Å². The number of rotatable bonds is 4. The van der Waals surface area contributed by atoms with E-state index in [1.165, 1.54) is 40.2 Å². The number of thioether (sulfide) groups is 1. The summed E-state index contributed by atoms with van der Waals surface area (Å²) in [6.07, 6.45) is 4.60. The molecule has 0 unspecified atom stereocenters. The van der Waals surface area contributed by atoms with Crippen molar-refractivity contribution in [2.24, 2.45) is 0 Å². The maximum Gasteiger partial charge on any atom is 0.338 e. The smallest absolute Gasteiger partial charge is 0.338 e. The summed E-state index contributed by atoms with van der Waals surface area (Å²) in [5.74, 6) is 0.963. The predicted octanol–water partition coefficient (Wildman–Crippen LogP) is 5.46. The van der Waals surface area contributed by atoms with Gasteiger partial charge in [0.25, 0.3) is 0 Å². The summed E-state index contributed by atoms with van der Waals surface area (Å²) in [6, 6.07) is 14.3. The highest BCUT2D eigenvalue weighted by atomic mass is 32.2. The van der Waals surface area contributed by atoms with Crippen LogP contribution in [-0.2, 0) is 11.2 Å². The summed E-state index contributed by atoms with van der Waals surface area (Å²) < 4.78 is 5.01. The monoisotopic (exact) mass is 338 g/mol. The van der Waals surface area contributed by atoms with E-state index in [1.807, 2.05) is 43.0 Å². The Bertz CT molecular complexity index is 760. The third-order valence-electron chi connectivity index (χ3n) is 4.17. The lowest BCUT2D eigenvalue weighted by Crippen LogP contribution is -2.04. The Labute approximate surface area is 147 Å². The van der Waals surface area contributed by atoms with Crippen LogP contribution in [-0.4, -0.2) is 18.3 Å². The minimum Gasteiger partial charge on any atom is -0.462 e. The number of carbonyl (C=O) groups excluding carboxylic acids is 1. The van der Waals surface area contributed by atoms with Crippen LogP contribution in [0, 0.1) is 0 Å². The molecule has 124 valence electrons. The molecular weight excluding hydrogens is 316 g/mol. The Morgan fingerprint density at radius 3 is 2.67 bits per heavy atom. The second-order valence-electron chi connectivity index (χ2n) is 5.94. The number of hydrogen-bond donors (Lipinski definition) is 0. The van der Waals surface area contributed by atoms with Gasteiger partial charge in [0.05, 0.1) is 12.2 Å². The second kappa shape index (κ2) is 7.71. The third kappa shape index (κ3) is 3.90. The number of ether oxygens (including phenoxy) is 1. The van der Waals surface area contributed by atoms with Crippen LogP contribution in [0.25, 0.3) is 11.6 Å². The van der Waals surface area contributed by atoms with E-state index in [-0.39, 0.29) is 5.97 Å². The van der Waals surface area contributed by atoms with Gasteiger partial charge in [-0.1, -0.05) is 30.3 Å². The Hall–Kier alpha value is -2.00. The average Bonchev–Trinajstić information content (AvgIpc) is 2.62. The molecule has 0 saturated heterocycles. The molecule has 0 spiro atoms. The molecule has 0 aromatic heterocycles. The first-order valence-corrected chi connectivity index (χ1v) is 9.37. The topological polar surface area (TPSA) is 26.3 Å². The molecular formula is C21H22O2S. The summed E-state index contributed by atoms with van der Waals surface area (Å²) in [5, 5.41) is 0. The van der Waals surface area contributed by atoms with E-state index >= 15 is 0 Å². The molecule has 0 amide bonds. The molecule has 0 aliphatic carbocycles. The van der Waals surface area contributed by atoms with Gasteiger partial charge < -0.3 is 4.74 Å². The van der Waals surface area contributed by atoms with Crippen molar-refractivity contribution in [2.75, 3.05) is 12.4 Å². The van der Waals surface area contributed by atoms with Crippen molar-refractivity contribution in [1.29, 1.82) is 0 Å². The van der Waals surface area contributed by atoms with Crippen LogP contribution in [0.15, 0.2) is 47.4 Å². The van der Waals surface area contributed by atoms with Crippen molar-refractivity contribution in [3.8, 4) is 0 Å². The molecule has 0 atom stereocenters. The van der Waals surface area contributed by atoms with Gasteiger partial charge in [0.15, 0.2) is 0 Å². The fourth-order valence-corrected chi connectivity index (χ4v) is 3.89. The maximum absolute atomic E-state index is 11.7. The fraction of sp³-hybridized carbons (Fsp3) is 0.286. The molecule has 0 fully saturated rings. The van der Waals surface area contributed by atoms with Crippen molar-refractivity contribution >= 4 is 29.4 Å². The summed E-state index contributed by atoms with van der Waals surface area (Å²) >= 11 is 1.96. The highest BCUT2D eigenvalue weighted by molar-refractivity contribution is 7.99. The minimum atomic E-state index is -0.267. The number of esters is 1. The van der Waals surface area contributed by atoms with Crippen molar-refractivity contribution in [3.63, 3.8) is 0 Å². The number of carbonyl (C=O) groups is 1. The Balaban J connectivity index is 1.79. The quantitative estimate of drug-likeness (QED) is 0.547. The Kier molecular flexibility index (Phi) is 5.41. The van der Waals surface area contributed by atoms with Gasteiger partial charge in [-0.05, 0) is 72.9 Å². The van der Waals surface area contributed by atoms with E-state index in [4.69, 9.17) is 4.74 Å². The molecule has 2 aromatic carbocycles. The lowest BCUT2D eigenvalue weighted by molar-refractivity contribution is 0.0526. The van der Waals surface area contributed by atoms with Crippen molar-refractivity contribution in [2.45, 2.75) is 31.6 Å². The summed E-state index contributed by atoms with van der Waals surface area (Å²) in [4.78, 5) is 13.1. The minimum absolute atomic E-state index is 0.267.